The molecule has 4 rings (SSSR count). The van der Waals surface area contributed by atoms with Gasteiger partial charge in [-0.3, -0.25) is 4.79 Å². The van der Waals surface area contributed by atoms with Gasteiger partial charge in [0.1, 0.15) is 10.5 Å². The summed E-state index contributed by atoms with van der Waals surface area (Å²) in [6.07, 6.45) is 8.53. The molecule has 0 radical (unpaired) electrons. The van der Waals surface area contributed by atoms with E-state index in [0.717, 1.165) is 34.8 Å². The quantitative estimate of drug-likeness (QED) is 0.533. The van der Waals surface area contributed by atoms with Crippen molar-refractivity contribution >= 4 is 28.3 Å². The number of thiazole rings is 1. The fraction of sp³-hybridized carbons (Fsp3) is 0.211. The van der Waals surface area contributed by atoms with E-state index in [-0.39, 0.29) is 5.91 Å². The van der Waals surface area contributed by atoms with Crippen molar-refractivity contribution in [2.75, 3.05) is 6.54 Å². The van der Waals surface area contributed by atoms with Gasteiger partial charge in [0.05, 0.1) is 5.69 Å². The van der Waals surface area contributed by atoms with Crippen molar-refractivity contribution in [3.8, 4) is 5.13 Å². The van der Waals surface area contributed by atoms with Gasteiger partial charge in [0.2, 0.25) is 0 Å². The van der Waals surface area contributed by atoms with Crippen LogP contribution in [-0.4, -0.2) is 31.6 Å². The standard InChI is InChI=1S/C19H19N5OS/c1-14-16(26-19(22-14)24-10-2-3-11-24)18(25)21-9-5-12-23-13-7-15-6-4-8-20-17(15)23/h2-4,6-8,10-11,13H,5,9,12H2,1H3,(H,21,25). The van der Waals surface area contributed by atoms with Crippen LogP contribution >= 0.6 is 11.3 Å². The van der Waals surface area contributed by atoms with E-state index in [1.54, 1.807) is 6.20 Å². The number of nitrogens with one attached hydrogen (secondary N) is 1. The van der Waals surface area contributed by atoms with Crippen molar-refractivity contribution in [3.05, 3.63) is 65.7 Å². The third-order valence-corrected chi connectivity index (χ3v) is 5.37. The Balaban J connectivity index is 1.34. The van der Waals surface area contributed by atoms with Gasteiger partial charge in [-0.25, -0.2) is 9.97 Å². The number of hydrogen-bond acceptors (Lipinski definition) is 4. The van der Waals surface area contributed by atoms with E-state index in [4.69, 9.17) is 0 Å². The SMILES string of the molecule is Cc1nc(-n2cccc2)sc1C(=O)NCCCn1ccc2cccnc21. The zero-order valence-corrected chi connectivity index (χ0v) is 15.2. The summed E-state index contributed by atoms with van der Waals surface area (Å²) in [5.74, 6) is -0.0612. The molecule has 1 N–H and O–H groups in total. The maximum Gasteiger partial charge on any atom is 0.263 e. The average molecular weight is 365 g/mol. The lowest BCUT2D eigenvalue weighted by Crippen LogP contribution is -2.25. The van der Waals surface area contributed by atoms with E-state index in [1.165, 1.54) is 11.3 Å². The van der Waals surface area contributed by atoms with E-state index in [0.29, 0.717) is 11.4 Å². The van der Waals surface area contributed by atoms with Gasteiger partial charge in [0.15, 0.2) is 5.13 Å². The van der Waals surface area contributed by atoms with Gasteiger partial charge in [-0.2, -0.15) is 0 Å². The molecular weight excluding hydrogens is 346 g/mol. The number of fused-ring (bicyclic) bond motifs is 1. The van der Waals surface area contributed by atoms with Crippen molar-refractivity contribution in [2.24, 2.45) is 0 Å². The average Bonchev–Trinajstić information content (AvgIpc) is 3.38. The molecule has 6 nitrogen and oxygen atoms in total. The summed E-state index contributed by atoms with van der Waals surface area (Å²) < 4.78 is 4.03. The highest BCUT2D eigenvalue weighted by Gasteiger charge is 2.15. The van der Waals surface area contributed by atoms with Gasteiger partial charge in [-0.1, -0.05) is 11.3 Å². The predicted molar refractivity (Wildman–Crippen MR) is 103 cm³/mol. The number of pyridine rings is 1. The van der Waals surface area contributed by atoms with Crippen LogP contribution < -0.4 is 5.32 Å². The molecule has 0 aromatic carbocycles. The molecule has 0 atom stereocenters. The molecule has 132 valence electrons. The Morgan fingerprint density at radius 3 is 2.88 bits per heavy atom. The maximum absolute atomic E-state index is 12.5. The number of aromatic nitrogens is 4. The molecule has 0 saturated heterocycles. The van der Waals surface area contributed by atoms with Crippen molar-refractivity contribution in [1.29, 1.82) is 0 Å². The summed E-state index contributed by atoms with van der Waals surface area (Å²) >= 11 is 1.41. The first-order valence-corrected chi connectivity index (χ1v) is 9.33. The number of carbonyl (C=O) groups excluding carboxylic acids is 1. The number of nitrogens with zero attached hydrogens (tertiary/aromatic N) is 4. The highest BCUT2D eigenvalue weighted by molar-refractivity contribution is 7.16. The van der Waals surface area contributed by atoms with Crippen LogP contribution in [0.2, 0.25) is 0 Å². The molecule has 1 amide bonds. The highest BCUT2D eigenvalue weighted by Crippen LogP contribution is 2.21. The minimum Gasteiger partial charge on any atom is -0.351 e. The molecule has 4 aromatic rings. The molecule has 26 heavy (non-hydrogen) atoms. The molecule has 0 spiro atoms. The van der Waals surface area contributed by atoms with Crippen molar-refractivity contribution in [2.45, 2.75) is 19.9 Å². The first-order chi connectivity index (χ1) is 12.7. The summed E-state index contributed by atoms with van der Waals surface area (Å²) in [6, 6.07) is 9.93. The monoisotopic (exact) mass is 365 g/mol. The number of amides is 1. The van der Waals surface area contributed by atoms with Gasteiger partial charge < -0.3 is 14.5 Å². The topological polar surface area (TPSA) is 64.7 Å². The van der Waals surface area contributed by atoms with Crippen molar-refractivity contribution in [3.63, 3.8) is 0 Å². The molecule has 0 bridgehead atoms. The molecule has 7 heteroatoms. The zero-order chi connectivity index (χ0) is 17.9. The van der Waals surface area contributed by atoms with E-state index in [2.05, 4.69) is 32.0 Å². The number of rotatable bonds is 6. The molecule has 0 saturated carbocycles. The van der Waals surface area contributed by atoms with Crippen LogP contribution in [0, 0.1) is 6.92 Å². The van der Waals surface area contributed by atoms with Gasteiger partial charge in [0.25, 0.3) is 5.91 Å². The Kier molecular flexibility index (Phi) is 4.53. The number of aryl methyl sites for hydroxylation is 2. The van der Waals surface area contributed by atoms with Crippen molar-refractivity contribution in [1.82, 2.24) is 24.4 Å². The second-order valence-corrected chi connectivity index (χ2v) is 7.01. The Bertz CT molecular complexity index is 1030. The van der Waals surface area contributed by atoms with Gasteiger partial charge in [-0.15, -0.1) is 0 Å². The van der Waals surface area contributed by atoms with Crippen LogP contribution in [0.3, 0.4) is 0 Å². The third kappa shape index (κ3) is 3.25. The molecule has 4 heterocycles. The zero-order valence-electron chi connectivity index (χ0n) is 14.4. The largest absolute Gasteiger partial charge is 0.351 e. The Morgan fingerprint density at radius 1 is 1.19 bits per heavy atom. The summed E-state index contributed by atoms with van der Waals surface area (Å²) in [7, 11) is 0. The Hall–Kier alpha value is -2.93. The number of carbonyl (C=O) groups is 1. The Morgan fingerprint density at radius 2 is 2.04 bits per heavy atom. The molecule has 0 fully saturated rings. The lowest BCUT2D eigenvalue weighted by molar-refractivity contribution is 0.0956. The summed E-state index contributed by atoms with van der Waals surface area (Å²) in [4.78, 5) is 22.0. The van der Waals surface area contributed by atoms with Crippen molar-refractivity contribution < 1.29 is 4.79 Å². The predicted octanol–water partition coefficient (Wildman–Crippen LogP) is 3.41. The van der Waals surface area contributed by atoms with Crippen LogP contribution in [0.25, 0.3) is 16.2 Å². The van der Waals surface area contributed by atoms with Gasteiger partial charge >= 0.3 is 0 Å². The second kappa shape index (κ2) is 7.13. The van der Waals surface area contributed by atoms with E-state index >= 15 is 0 Å². The highest BCUT2D eigenvalue weighted by atomic mass is 32.1. The minimum atomic E-state index is -0.0612. The van der Waals surface area contributed by atoms with Crippen LogP contribution in [0.15, 0.2) is 55.1 Å². The summed E-state index contributed by atoms with van der Waals surface area (Å²) in [6.45, 7) is 3.30. The number of hydrogen-bond donors (Lipinski definition) is 1. The molecular formula is C19H19N5OS. The summed E-state index contributed by atoms with van der Waals surface area (Å²) in [5.41, 5.74) is 1.74. The Labute approximate surface area is 155 Å². The van der Waals surface area contributed by atoms with Crippen LogP contribution in [0.1, 0.15) is 21.8 Å². The fourth-order valence-electron chi connectivity index (χ4n) is 2.90. The van der Waals surface area contributed by atoms with Crippen LogP contribution in [0.4, 0.5) is 0 Å². The van der Waals surface area contributed by atoms with E-state index in [9.17, 15) is 4.79 Å². The van der Waals surface area contributed by atoms with Crippen LogP contribution in [0.5, 0.6) is 0 Å². The minimum absolute atomic E-state index is 0.0612. The summed E-state index contributed by atoms with van der Waals surface area (Å²) in [5, 5.41) is 4.94. The molecule has 0 aliphatic carbocycles. The fourth-order valence-corrected chi connectivity index (χ4v) is 3.85. The molecule has 0 aliphatic rings. The second-order valence-electron chi connectivity index (χ2n) is 6.04. The van der Waals surface area contributed by atoms with Crippen LogP contribution in [-0.2, 0) is 6.54 Å². The van der Waals surface area contributed by atoms with Gasteiger partial charge in [-0.05, 0) is 43.7 Å². The smallest absolute Gasteiger partial charge is 0.263 e. The molecule has 0 unspecified atom stereocenters. The first kappa shape index (κ1) is 16.5. The lowest BCUT2D eigenvalue weighted by atomic mass is 10.3. The normalized spacial score (nSPS) is 11.1. The van der Waals surface area contributed by atoms with E-state index < -0.39 is 0 Å². The first-order valence-electron chi connectivity index (χ1n) is 8.51. The molecule has 0 aliphatic heterocycles. The lowest BCUT2D eigenvalue weighted by Gasteiger charge is -2.06. The molecule has 4 aromatic heterocycles. The van der Waals surface area contributed by atoms with E-state index in [1.807, 2.05) is 48.3 Å². The third-order valence-electron chi connectivity index (χ3n) is 4.20. The van der Waals surface area contributed by atoms with Gasteiger partial charge in [0, 0.05) is 43.3 Å². The maximum atomic E-state index is 12.5.